The van der Waals surface area contributed by atoms with E-state index in [2.05, 4.69) is 41.3 Å². The van der Waals surface area contributed by atoms with E-state index in [1.54, 1.807) is 6.92 Å². The van der Waals surface area contributed by atoms with Gasteiger partial charge in [-0.2, -0.15) is 0 Å². The number of nitrogens with zero attached hydrogens (tertiary/aromatic N) is 2. The molecular formula is C29H31ClN2O2. The van der Waals surface area contributed by atoms with Gasteiger partial charge in [0, 0.05) is 29.7 Å². The molecule has 0 N–H and O–H groups in total. The maximum atomic E-state index is 12.5. The molecule has 3 aromatic rings. The quantitative estimate of drug-likeness (QED) is 0.445. The molecule has 4 nitrogen and oxygen atoms in total. The molecule has 0 spiro atoms. The van der Waals surface area contributed by atoms with Crippen LogP contribution in [0.2, 0.25) is 5.02 Å². The van der Waals surface area contributed by atoms with E-state index in [1.165, 1.54) is 37.1 Å². The van der Waals surface area contributed by atoms with Crippen LogP contribution < -0.4 is 9.64 Å². The summed E-state index contributed by atoms with van der Waals surface area (Å²) in [6.07, 6.45) is 4.33. The number of carbonyl (C=O) groups excluding carboxylic acids is 1. The number of benzene rings is 3. The Balaban J connectivity index is 1.41. The van der Waals surface area contributed by atoms with Crippen LogP contribution >= 0.6 is 11.6 Å². The van der Waals surface area contributed by atoms with E-state index in [1.807, 2.05) is 29.2 Å². The lowest BCUT2D eigenvalue weighted by molar-refractivity contribution is -0.116. The van der Waals surface area contributed by atoms with Gasteiger partial charge in [-0.05, 0) is 85.3 Å². The third kappa shape index (κ3) is 4.98. The lowest BCUT2D eigenvalue weighted by Crippen LogP contribution is -2.30. The Kier molecular flexibility index (Phi) is 6.89. The lowest BCUT2D eigenvalue weighted by atomic mass is 9.92. The van der Waals surface area contributed by atoms with Crippen molar-refractivity contribution < 1.29 is 9.53 Å². The van der Waals surface area contributed by atoms with E-state index in [0.29, 0.717) is 18.2 Å². The van der Waals surface area contributed by atoms with E-state index >= 15 is 0 Å². The Morgan fingerprint density at radius 1 is 0.941 bits per heavy atom. The van der Waals surface area contributed by atoms with Gasteiger partial charge in [-0.1, -0.05) is 48.0 Å². The Bertz CT molecular complexity index is 1190. The molecule has 1 saturated heterocycles. The van der Waals surface area contributed by atoms with Crippen LogP contribution in [0.3, 0.4) is 0 Å². The van der Waals surface area contributed by atoms with E-state index in [0.717, 1.165) is 47.5 Å². The number of hydrogen-bond acceptors (Lipinski definition) is 3. The smallest absolute Gasteiger partial charge is 0.224 e. The molecular weight excluding hydrogens is 444 g/mol. The summed E-state index contributed by atoms with van der Waals surface area (Å²) in [5.41, 5.74) is 6.79. The highest BCUT2D eigenvalue weighted by Crippen LogP contribution is 2.35. The third-order valence-electron chi connectivity index (χ3n) is 6.97. The number of fused-ring (bicyclic) bond motifs is 2. The van der Waals surface area contributed by atoms with E-state index in [-0.39, 0.29) is 5.91 Å². The first-order chi connectivity index (χ1) is 16.6. The number of likely N-dealkylation sites (tertiary alicyclic amines) is 1. The molecule has 2 heterocycles. The average Bonchev–Trinajstić information content (AvgIpc) is 3.34. The summed E-state index contributed by atoms with van der Waals surface area (Å²) in [6, 6.07) is 20.7. The minimum absolute atomic E-state index is 0.0391. The molecule has 1 amide bonds. The third-order valence-corrected chi connectivity index (χ3v) is 7.21. The molecule has 0 saturated carbocycles. The van der Waals surface area contributed by atoms with Crippen LogP contribution in [0.25, 0.3) is 11.1 Å². The molecule has 2 aliphatic heterocycles. The van der Waals surface area contributed by atoms with Crippen molar-refractivity contribution in [1.29, 1.82) is 0 Å². The predicted octanol–water partition coefficient (Wildman–Crippen LogP) is 6.13. The fourth-order valence-electron chi connectivity index (χ4n) is 5.13. The zero-order valence-electron chi connectivity index (χ0n) is 19.7. The van der Waals surface area contributed by atoms with Crippen molar-refractivity contribution in [2.45, 2.75) is 39.2 Å². The highest BCUT2D eigenvalue weighted by atomic mass is 35.5. The molecule has 0 aromatic heterocycles. The molecule has 5 heteroatoms. The number of carbonyl (C=O) groups is 1. The molecule has 0 bridgehead atoms. The number of para-hydroxylation sites is 1. The molecule has 34 heavy (non-hydrogen) atoms. The fraction of sp³-hybridized carbons (Fsp3) is 0.345. The highest BCUT2D eigenvalue weighted by molar-refractivity contribution is 6.30. The Morgan fingerprint density at radius 2 is 1.74 bits per heavy atom. The van der Waals surface area contributed by atoms with E-state index < -0.39 is 0 Å². The average molecular weight is 475 g/mol. The Morgan fingerprint density at radius 3 is 2.56 bits per heavy atom. The second-order valence-electron chi connectivity index (χ2n) is 9.26. The van der Waals surface area contributed by atoms with Gasteiger partial charge in [-0.15, -0.1) is 0 Å². The first-order valence-electron chi connectivity index (χ1n) is 12.2. The maximum Gasteiger partial charge on any atom is 0.224 e. The van der Waals surface area contributed by atoms with Gasteiger partial charge >= 0.3 is 0 Å². The monoisotopic (exact) mass is 474 g/mol. The van der Waals surface area contributed by atoms with Crippen LogP contribution in [0.5, 0.6) is 5.75 Å². The van der Waals surface area contributed by atoms with Gasteiger partial charge in [-0.25, -0.2) is 0 Å². The van der Waals surface area contributed by atoms with Crippen molar-refractivity contribution in [2.75, 3.05) is 31.1 Å². The first-order valence-corrected chi connectivity index (χ1v) is 12.6. The van der Waals surface area contributed by atoms with Crippen LogP contribution in [0.1, 0.15) is 36.5 Å². The number of rotatable bonds is 5. The second-order valence-corrected chi connectivity index (χ2v) is 9.69. The summed E-state index contributed by atoms with van der Waals surface area (Å²) >= 11 is 6.28. The van der Waals surface area contributed by atoms with Crippen LogP contribution in [0.4, 0.5) is 5.69 Å². The Labute approximate surface area is 207 Å². The number of amides is 1. The normalized spacial score (nSPS) is 15.9. The van der Waals surface area contributed by atoms with Crippen molar-refractivity contribution in [3.63, 3.8) is 0 Å². The largest absolute Gasteiger partial charge is 0.492 e. The van der Waals surface area contributed by atoms with Gasteiger partial charge in [-0.3, -0.25) is 9.69 Å². The highest BCUT2D eigenvalue weighted by Gasteiger charge is 2.21. The minimum Gasteiger partial charge on any atom is -0.492 e. The molecule has 2 aliphatic rings. The number of hydrogen-bond donors (Lipinski definition) is 0. The zero-order valence-corrected chi connectivity index (χ0v) is 20.5. The molecule has 1 fully saturated rings. The van der Waals surface area contributed by atoms with E-state index in [4.69, 9.17) is 16.3 Å². The summed E-state index contributed by atoms with van der Waals surface area (Å²) in [7, 11) is 0. The molecule has 5 rings (SSSR count). The molecule has 176 valence electrons. The number of ether oxygens (including phenoxy) is 1. The van der Waals surface area contributed by atoms with Crippen molar-refractivity contribution in [3.8, 4) is 16.9 Å². The molecule has 3 aromatic carbocycles. The lowest BCUT2D eigenvalue weighted by Gasteiger charge is -2.28. The van der Waals surface area contributed by atoms with Crippen LogP contribution in [0, 0.1) is 0 Å². The molecule has 0 aliphatic carbocycles. The summed E-state index contributed by atoms with van der Waals surface area (Å²) in [5, 5.41) is 0.705. The Hall–Kier alpha value is -2.82. The van der Waals surface area contributed by atoms with E-state index in [9.17, 15) is 4.79 Å². The van der Waals surface area contributed by atoms with Crippen molar-refractivity contribution in [1.82, 2.24) is 4.90 Å². The van der Waals surface area contributed by atoms with Crippen molar-refractivity contribution >= 4 is 23.2 Å². The first kappa shape index (κ1) is 22.9. The van der Waals surface area contributed by atoms with Gasteiger partial charge in [0.25, 0.3) is 0 Å². The van der Waals surface area contributed by atoms with Gasteiger partial charge in [0.05, 0.1) is 6.54 Å². The minimum atomic E-state index is 0.0391. The molecule has 0 atom stereocenters. The van der Waals surface area contributed by atoms with Crippen LogP contribution in [-0.2, 0) is 24.2 Å². The van der Waals surface area contributed by atoms with Crippen molar-refractivity contribution in [2.24, 2.45) is 0 Å². The van der Waals surface area contributed by atoms with Crippen LogP contribution in [0.15, 0.2) is 60.7 Å². The molecule has 0 radical (unpaired) electrons. The zero-order chi connectivity index (χ0) is 23.5. The van der Waals surface area contributed by atoms with Crippen LogP contribution in [-0.4, -0.2) is 37.0 Å². The summed E-state index contributed by atoms with van der Waals surface area (Å²) in [6.45, 7) is 6.23. The number of aryl methyl sites for hydroxylation is 2. The number of halogens is 1. The fourth-order valence-corrected chi connectivity index (χ4v) is 5.32. The number of anilines is 1. The summed E-state index contributed by atoms with van der Waals surface area (Å²) in [4.78, 5) is 16.9. The standard InChI is InChI=1S/C29H31ClN2O2/c1-21(33)32-20-25-11-9-23(18-22(25)8-10-24-19-26(30)12-13-28(24)32)27-6-2-3-7-29(27)34-17-16-31-14-4-5-15-31/h2-3,6-7,9,11-13,18-19H,4-5,8,10,14-17,20H2,1H3. The SMILES string of the molecule is CC(=O)N1Cc2ccc(-c3ccccc3OCCN3CCCC3)cc2CCc2cc(Cl)ccc21. The van der Waals surface area contributed by atoms with Gasteiger partial charge in [0.15, 0.2) is 0 Å². The van der Waals surface area contributed by atoms with Crippen molar-refractivity contribution in [3.05, 3.63) is 82.4 Å². The topological polar surface area (TPSA) is 32.8 Å². The maximum absolute atomic E-state index is 12.5. The summed E-state index contributed by atoms with van der Waals surface area (Å²) < 4.78 is 6.24. The summed E-state index contributed by atoms with van der Waals surface area (Å²) in [5.74, 6) is 0.965. The predicted molar refractivity (Wildman–Crippen MR) is 139 cm³/mol. The van der Waals surface area contributed by atoms with Gasteiger partial charge in [0.2, 0.25) is 5.91 Å². The van der Waals surface area contributed by atoms with Gasteiger partial charge < -0.3 is 9.64 Å². The second kappa shape index (κ2) is 10.2. The molecule has 0 unspecified atom stereocenters. The van der Waals surface area contributed by atoms with Gasteiger partial charge in [0.1, 0.15) is 12.4 Å².